The fraction of sp³-hybridized carbons (Fsp3) is 0.467. The molecular weight excluding hydrogens is 350 g/mol. The lowest BCUT2D eigenvalue weighted by Gasteiger charge is -2.33. The summed E-state index contributed by atoms with van der Waals surface area (Å²) in [6.07, 6.45) is -0.0714. The molecule has 0 unspecified atom stereocenters. The van der Waals surface area contributed by atoms with Gasteiger partial charge in [0.2, 0.25) is 5.91 Å². The van der Waals surface area contributed by atoms with Crippen LogP contribution in [0.3, 0.4) is 0 Å². The topological polar surface area (TPSA) is 78.1 Å². The first kappa shape index (κ1) is 16.9. The van der Waals surface area contributed by atoms with Crippen molar-refractivity contribution in [2.45, 2.75) is 12.5 Å². The average Bonchev–Trinajstić information content (AvgIpc) is 2.48. The second-order valence-electron chi connectivity index (χ2n) is 5.72. The lowest BCUT2D eigenvalue weighted by atomic mass is 10.1. The molecule has 0 saturated carbocycles. The van der Waals surface area contributed by atoms with Crippen LogP contribution in [0.25, 0.3) is 0 Å². The lowest BCUT2D eigenvalue weighted by molar-refractivity contribution is -1.01. The molecule has 1 fully saturated rings. The minimum atomic E-state index is -1.16. The van der Waals surface area contributed by atoms with Crippen LogP contribution in [0.2, 0.25) is 0 Å². The Hall–Kier alpha value is -1.44. The molecule has 1 heterocycles. The number of carbonyl (C=O) groups excluding carboxylic acids is 2. The number of nitrogens with one attached hydrogen (secondary N) is 3. The van der Waals surface area contributed by atoms with Crippen LogP contribution in [-0.2, 0) is 9.59 Å². The van der Waals surface area contributed by atoms with Crippen molar-refractivity contribution in [1.82, 2.24) is 0 Å². The number of carbonyl (C=O) groups is 2. The standard InChI is InChI=1S/C15H20BrN3O3/c1-18-6-8-19(9-7-18)13(15(21)22)10-14(20)17-12-5-3-2-4-11(12)16/h2-5,13H,6-10H2,1H3,(H,17,20)(H,21,22)/p+1/t13-/m1/s1. The highest BCUT2D eigenvalue weighted by atomic mass is 79.9. The number of halogens is 1. The van der Waals surface area contributed by atoms with Gasteiger partial charge in [0.25, 0.3) is 0 Å². The molecule has 1 amide bonds. The van der Waals surface area contributed by atoms with Gasteiger partial charge < -0.3 is 25.0 Å². The van der Waals surface area contributed by atoms with Crippen LogP contribution in [-0.4, -0.2) is 51.1 Å². The molecule has 7 heteroatoms. The molecule has 1 saturated heterocycles. The smallest absolute Gasteiger partial charge is 0.230 e. The summed E-state index contributed by atoms with van der Waals surface area (Å²) in [5.74, 6) is -1.46. The molecule has 0 radical (unpaired) electrons. The zero-order chi connectivity index (χ0) is 16.1. The number of hydrogen-bond donors (Lipinski definition) is 3. The third-order valence-corrected chi connectivity index (χ3v) is 4.75. The van der Waals surface area contributed by atoms with E-state index in [9.17, 15) is 14.7 Å². The molecule has 1 atom stereocenters. The lowest BCUT2D eigenvalue weighted by Crippen LogP contribution is -3.29. The van der Waals surface area contributed by atoms with Gasteiger partial charge in [0.1, 0.15) is 32.2 Å². The summed E-state index contributed by atoms with van der Waals surface area (Å²) in [6.45, 7) is 3.30. The number of piperazine rings is 1. The number of benzene rings is 1. The van der Waals surface area contributed by atoms with E-state index in [1.165, 1.54) is 4.90 Å². The molecule has 6 nitrogen and oxygen atoms in total. The number of amides is 1. The van der Waals surface area contributed by atoms with Gasteiger partial charge in [-0.1, -0.05) is 12.1 Å². The summed E-state index contributed by atoms with van der Waals surface area (Å²) in [6, 6.07) is 6.45. The van der Waals surface area contributed by atoms with Crippen LogP contribution in [0.5, 0.6) is 0 Å². The fourth-order valence-electron chi connectivity index (χ4n) is 2.69. The summed E-state index contributed by atoms with van der Waals surface area (Å²) in [5, 5.41) is 14.2. The summed E-state index contributed by atoms with van der Waals surface area (Å²) in [5.41, 5.74) is 0.641. The number of hydrogen-bond acceptors (Lipinski definition) is 3. The van der Waals surface area contributed by atoms with Crippen molar-refractivity contribution in [3.63, 3.8) is 0 Å². The predicted molar refractivity (Wildman–Crippen MR) is 83.5 cm³/mol. The van der Waals surface area contributed by atoms with Crippen molar-refractivity contribution in [2.24, 2.45) is 0 Å². The van der Waals surface area contributed by atoms with E-state index in [0.29, 0.717) is 5.69 Å². The Labute approximate surface area is 138 Å². The number of carboxylic acids is 1. The quantitative estimate of drug-likeness (QED) is 0.528. The summed E-state index contributed by atoms with van der Waals surface area (Å²) in [4.78, 5) is 25.9. The van der Waals surface area contributed by atoms with E-state index in [1.807, 2.05) is 18.2 Å². The zero-order valence-electron chi connectivity index (χ0n) is 12.5. The van der Waals surface area contributed by atoms with E-state index in [1.54, 1.807) is 6.07 Å². The van der Waals surface area contributed by atoms with Gasteiger partial charge in [0.05, 0.1) is 25.1 Å². The van der Waals surface area contributed by atoms with Crippen LogP contribution in [0.15, 0.2) is 28.7 Å². The Bertz CT molecular complexity index is 545. The van der Waals surface area contributed by atoms with Gasteiger partial charge >= 0.3 is 0 Å². The van der Waals surface area contributed by atoms with Gasteiger partial charge in [0, 0.05) is 4.47 Å². The number of anilines is 1. The predicted octanol–water partition coefficient (Wildman–Crippen LogP) is -2.69. The highest BCUT2D eigenvalue weighted by molar-refractivity contribution is 9.10. The first-order valence-corrected chi connectivity index (χ1v) is 8.18. The van der Waals surface area contributed by atoms with E-state index in [0.717, 1.165) is 35.6 Å². The van der Waals surface area contributed by atoms with E-state index < -0.39 is 12.0 Å². The maximum Gasteiger partial charge on any atom is 0.230 e. The van der Waals surface area contributed by atoms with Crippen molar-refractivity contribution in [3.8, 4) is 0 Å². The normalized spacial score (nSPS) is 22.8. The molecule has 0 aliphatic carbocycles. The van der Waals surface area contributed by atoms with Gasteiger partial charge in [-0.15, -0.1) is 0 Å². The molecule has 2 rings (SSSR count). The minimum absolute atomic E-state index is 0.0714. The van der Waals surface area contributed by atoms with Crippen molar-refractivity contribution in [1.29, 1.82) is 0 Å². The number of likely N-dealkylation sites (N-methyl/N-ethyl adjacent to an activating group) is 1. The summed E-state index contributed by atoms with van der Waals surface area (Å²) >= 11 is 3.35. The highest BCUT2D eigenvalue weighted by Crippen LogP contribution is 2.21. The first-order valence-electron chi connectivity index (χ1n) is 7.38. The maximum atomic E-state index is 12.1. The fourth-order valence-corrected chi connectivity index (χ4v) is 3.07. The monoisotopic (exact) mass is 370 g/mol. The van der Waals surface area contributed by atoms with E-state index in [2.05, 4.69) is 28.3 Å². The molecule has 1 aromatic rings. The summed E-state index contributed by atoms with van der Waals surface area (Å²) in [7, 11) is 2.09. The molecule has 0 aromatic heterocycles. The van der Waals surface area contributed by atoms with Crippen LogP contribution in [0.4, 0.5) is 5.69 Å². The van der Waals surface area contributed by atoms with Crippen molar-refractivity contribution in [2.75, 3.05) is 38.5 Å². The number of aliphatic carboxylic acids is 1. The molecule has 1 aromatic carbocycles. The van der Waals surface area contributed by atoms with Crippen LogP contribution in [0, 0.1) is 0 Å². The van der Waals surface area contributed by atoms with Crippen molar-refractivity contribution in [3.05, 3.63) is 28.7 Å². The average molecular weight is 371 g/mol. The van der Waals surface area contributed by atoms with E-state index in [4.69, 9.17) is 0 Å². The van der Waals surface area contributed by atoms with Gasteiger partial charge in [-0.25, -0.2) is 0 Å². The van der Waals surface area contributed by atoms with Crippen LogP contribution in [0.1, 0.15) is 6.42 Å². The second-order valence-corrected chi connectivity index (χ2v) is 6.57. The second kappa shape index (κ2) is 7.71. The number of para-hydroxylation sites is 1. The van der Waals surface area contributed by atoms with E-state index >= 15 is 0 Å². The zero-order valence-corrected chi connectivity index (χ0v) is 14.1. The Morgan fingerprint density at radius 2 is 1.91 bits per heavy atom. The van der Waals surface area contributed by atoms with Gasteiger partial charge in [-0.05, 0) is 28.1 Å². The van der Waals surface area contributed by atoms with Crippen LogP contribution >= 0.6 is 15.9 Å². The molecule has 22 heavy (non-hydrogen) atoms. The SMILES string of the molecule is C[NH+]1CC[NH+]([C@H](CC(=O)Nc2ccccc2Br)C(=O)[O-])CC1. The van der Waals surface area contributed by atoms with Crippen molar-refractivity contribution >= 4 is 33.5 Å². The van der Waals surface area contributed by atoms with Gasteiger partial charge in [0.15, 0.2) is 0 Å². The Morgan fingerprint density at radius 1 is 1.27 bits per heavy atom. The molecule has 0 spiro atoms. The third-order valence-electron chi connectivity index (χ3n) is 4.06. The molecule has 120 valence electrons. The third kappa shape index (κ3) is 4.53. The molecule has 0 bridgehead atoms. The number of rotatable bonds is 5. The minimum Gasteiger partial charge on any atom is -0.544 e. The molecule has 1 aliphatic heterocycles. The Morgan fingerprint density at radius 3 is 2.50 bits per heavy atom. The number of quaternary nitrogens is 2. The van der Waals surface area contributed by atoms with Crippen molar-refractivity contribution < 1.29 is 24.5 Å². The first-order chi connectivity index (χ1) is 10.5. The van der Waals surface area contributed by atoms with E-state index in [-0.39, 0.29) is 12.3 Å². The Balaban J connectivity index is 1.97. The van der Waals surface area contributed by atoms with Gasteiger partial charge in [-0.3, -0.25) is 4.79 Å². The maximum absolute atomic E-state index is 12.1. The molecule has 1 aliphatic rings. The Kier molecular flexibility index (Phi) is 5.93. The number of carboxylic acid groups (broad SMARTS) is 1. The van der Waals surface area contributed by atoms with Gasteiger partial charge in [-0.2, -0.15) is 0 Å². The largest absolute Gasteiger partial charge is 0.544 e. The molecular formula is C15H21BrN3O3+. The molecule has 3 N–H and O–H groups in total. The highest BCUT2D eigenvalue weighted by Gasteiger charge is 2.30. The van der Waals surface area contributed by atoms with Crippen LogP contribution < -0.4 is 20.2 Å². The summed E-state index contributed by atoms with van der Waals surface area (Å²) < 4.78 is 0.767.